The lowest BCUT2D eigenvalue weighted by Gasteiger charge is -2.29. The van der Waals surface area contributed by atoms with E-state index in [2.05, 4.69) is 20.6 Å². The number of fused-ring (bicyclic) bond motifs is 1. The molecule has 1 aromatic heterocycles. The number of aromatic nitrogens is 4. The zero-order valence-electron chi connectivity index (χ0n) is 9.37. The van der Waals surface area contributed by atoms with Crippen molar-refractivity contribution in [2.75, 3.05) is 6.54 Å². The molecule has 1 amide bonds. The van der Waals surface area contributed by atoms with Crippen LogP contribution in [-0.4, -0.2) is 38.0 Å². The zero-order chi connectivity index (χ0) is 12.5. The molecule has 0 spiro atoms. The summed E-state index contributed by atoms with van der Waals surface area (Å²) in [4.78, 5) is 13.3. The Morgan fingerprint density at radius 1 is 1.44 bits per heavy atom. The predicted octanol–water partition coefficient (Wildman–Crippen LogP) is -0.278. The van der Waals surface area contributed by atoms with Gasteiger partial charge in [-0.25, -0.2) is 0 Å². The number of nitrogens with zero attached hydrogens (tertiary/aromatic N) is 4. The molecule has 7 heteroatoms. The smallest absolute Gasteiger partial charge is 0.246 e. The van der Waals surface area contributed by atoms with Crippen LogP contribution >= 0.6 is 0 Å². The maximum Gasteiger partial charge on any atom is 0.246 e. The Labute approximate surface area is 102 Å². The third-order valence-corrected chi connectivity index (χ3v) is 2.78. The van der Waals surface area contributed by atoms with Crippen LogP contribution in [0, 0.1) is 0 Å². The summed E-state index contributed by atoms with van der Waals surface area (Å²) in [5, 5.41) is 13.8. The van der Waals surface area contributed by atoms with Crippen LogP contribution in [-0.2, 0) is 4.79 Å². The van der Waals surface area contributed by atoms with E-state index in [1.807, 2.05) is 29.3 Å². The Balaban J connectivity index is 2.15. The van der Waals surface area contributed by atoms with Gasteiger partial charge in [0.2, 0.25) is 11.7 Å². The van der Waals surface area contributed by atoms with Gasteiger partial charge in [0, 0.05) is 17.3 Å². The quantitative estimate of drug-likeness (QED) is 0.742. The number of hydrogen-bond donors (Lipinski definition) is 2. The second kappa shape index (κ2) is 3.95. The highest BCUT2D eigenvalue weighted by Crippen LogP contribution is 2.29. The van der Waals surface area contributed by atoms with Crippen molar-refractivity contribution in [3.63, 3.8) is 0 Å². The SMILES string of the molecule is NC(=O)C1=CC(c2nn[nH]n2)=C2C=CC=CN2C1. The molecule has 3 rings (SSSR count). The molecule has 2 aliphatic rings. The van der Waals surface area contributed by atoms with E-state index in [1.165, 1.54) is 0 Å². The van der Waals surface area contributed by atoms with Crippen LogP contribution in [0.3, 0.4) is 0 Å². The Bertz CT molecular complexity index is 607. The number of tetrazole rings is 1. The first-order chi connectivity index (χ1) is 8.75. The van der Waals surface area contributed by atoms with Gasteiger partial charge in [0.05, 0.1) is 12.2 Å². The number of rotatable bonds is 2. The molecule has 0 saturated carbocycles. The summed E-state index contributed by atoms with van der Waals surface area (Å²) >= 11 is 0. The second-order valence-corrected chi connectivity index (χ2v) is 3.90. The Kier molecular flexibility index (Phi) is 2.30. The van der Waals surface area contributed by atoms with E-state index in [0.29, 0.717) is 17.9 Å². The number of aromatic amines is 1. The number of hydrogen-bond acceptors (Lipinski definition) is 5. The third-order valence-electron chi connectivity index (χ3n) is 2.78. The lowest BCUT2D eigenvalue weighted by atomic mass is 10.0. The van der Waals surface area contributed by atoms with Gasteiger partial charge in [0.25, 0.3) is 0 Å². The van der Waals surface area contributed by atoms with Gasteiger partial charge < -0.3 is 10.6 Å². The van der Waals surface area contributed by atoms with E-state index in [0.717, 1.165) is 11.3 Å². The van der Waals surface area contributed by atoms with E-state index in [9.17, 15) is 4.79 Å². The van der Waals surface area contributed by atoms with Crippen LogP contribution < -0.4 is 5.73 Å². The molecule has 0 fully saturated rings. The van der Waals surface area contributed by atoms with Gasteiger partial charge in [0.15, 0.2) is 0 Å². The number of carbonyl (C=O) groups is 1. The molecular formula is C11H10N6O. The minimum absolute atomic E-state index is 0.438. The average Bonchev–Trinajstić information content (AvgIpc) is 2.91. The van der Waals surface area contributed by atoms with E-state index in [4.69, 9.17) is 5.73 Å². The first-order valence-corrected chi connectivity index (χ1v) is 5.35. The van der Waals surface area contributed by atoms with Crippen LogP contribution in [0.1, 0.15) is 5.82 Å². The third kappa shape index (κ3) is 1.61. The standard InChI is InChI=1S/C11H10N6O/c12-10(18)7-5-8(11-13-15-16-14-11)9-3-1-2-4-17(9)6-7/h1-5H,6H2,(H2,12,18)(H,13,14,15,16). The maximum absolute atomic E-state index is 11.3. The number of H-pyrrole nitrogens is 1. The van der Waals surface area contributed by atoms with Crippen molar-refractivity contribution in [3.8, 4) is 0 Å². The molecule has 3 N–H and O–H groups in total. The second-order valence-electron chi connectivity index (χ2n) is 3.90. The van der Waals surface area contributed by atoms with Crippen LogP contribution in [0.25, 0.3) is 5.57 Å². The van der Waals surface area contributed by atoms with Gasteiger partial charge in [-0.05, 0) is 23.4 Å². The van der Waals surface area contributed by atoms with Crippen LogP contribution in [0.4, 0.5) is 0 Å². The molecule has 7 nitrogen and oxygen atoms in total. The summed E-state index contributed by atoms with van der Waals surface area (Å²) in [6.45, 7) is 0.451. The molecule has 0 bridgehead atoms. The van der Waals surface area contributed by atoms with E-state index < -0.39 is 5.91 Å². The van der Waals surface area contributed by atoms with Crippen molar-refractivity contribution in [2.24, 2.45) is 5.73 Å². The van der Waals surface area contributed by atoms with E-state index >= 15 is 0 Å². The van der Waals surface area contributed by atoms with Crippen molar-refractivity contribution in [2.45, 2.75) is 0 Å². The highest BCUT2D eigenvalue weighted by molar-refractivity contribution is 5.97. The first-order valence-electron chi connectivity index (χ1n) is 5.35. The molecule has 0 unspecified atom stereocenters. The topological polar surface area (TPSA) is 101 Å². The molecule has 90 valence electrons. The summed E-state index contributed by atoms with van der Waals surface area (Å²) in [7, 11) is 0. The van der Waals surface area contributed by atoms with E-state index in [-0.39, 0.29) is 0 Å². The molecule has 0 atom stereocenters. The summed E-state index contributed by atoms with van der Waals surface area (Å²) in [5.41, 5.74) is 7.50. The summed E-state index contributed by atoms with van der Waals surface area (Å²) < 4.78 is 0. The summed E-state index contributed by atoms with van der Waals surface area (Å²) in [5.74, 6) is -0.00796. The normalized spacial score (nSPS) is 17.8. The monoisotopic (exact) mass is 242 g/mol. The number of nitrogens with one attached hydrogen (secondary N) is 1. The molecule has 0 saturated heterocycles. The van der Waals surface area contributed by atoms with Crippen LogP contribution in [0.2, 0.25) is 0 Å². The van der Waals surface area contributed by atoms with Crippen LogP contribution in [0.15, 0.2) is 41.8 Å². The van der Waals surface area contributed by atoms with Gasteiger partial charge in [-0.3, -0.25) is 4.79 Å². The summed E-state index contributed by atoms with van der Waals surface area (Å²) in [6.07, 6.45) is 9.32. The Morgan fingerprint density at radius 3 is 3.06 bits per heavy atom. The Hall–Kier alpha value is -2.70. The van der Waals surface area contributed by atoms with Gasteiger partial charge in [0.1, 0.15) is 0 Å². The first kappa shape index (κ1) is 10.5. The minimum Gasteiger partial charge on any atom is -0.366 e. The van der Waals surface area contributed by atoms with Crippen molar-refractivity contribution < 1.29 is 4.79 Å². The van der Waals surface area contributed by atoms with Gasteiger partial charge in [-0.15, -0.1) is 10.2 Å². The fourth-order valence-electron chi connectivity index (χ4n) is 1.94. The molecule has 1 aromatic rings. The van der Waals surface area contributed by atoms with Gasteiger partial charge in [-0.1, -0.05) is 6.08 Å². The molecule has 3 heterocycles. The number of amides is 1. The molecule has 0 radical (unpaired) electrons. The number of primary amides is 1. The lowest BCUT2D eigenvalue weighted by molar-refractivity contribution is -0.114. The lowest BCUT2D eigenvalue weighted by Crippen LogP contribution is -2.30. The van der Waals surface area contributed by atoms with Gasteiger partial charge >= 0.3 is 0 Å². The van der Waals surface area contributed by atoms with E-state index in [1.54, 1.807) is 6.08 Å². The number of carbonyl (C=O) groups excluding carboxylic acids is 1. The largest absolute Gasteiger partial charge is 0.366 e. The fraction of sp³-hybridized carbons (Fsp3) is 0.0909. The van der Waals surface area contributed by atoms with Crippen LogP contribution in [0.5, 0.6) is 0 Å². The molecular weight excluding hydrogens is 232 g/mol. The molecule has 18 heavy (non-hydrogen) atoms. The Morgan fingerprint density at radius 2 is 2.33 bits per heavy atom. The zero-order valence-corrected chi connectivity index (χ0v) is 9.37. The van der Waals surface area contributed by atoms with Crippen molar-refractivity contribution in [3.05, 3.63) is 47.6 Å². The number of allylic oxidation sites excluding steroid dienone is 5. The number of nitrogens with two attached hydrogens (primary N) is 1. The molecule has 2 aliphatic heterocycles. The molecule has 0 aromatic carbocycles. The van der Waals surface area contributed by atoms with Gasteiger partial charge in [-0.2, -0.15) is 5.21 Å². The van der Waals surface area contributed by atoms with Crippen molar-refractivity contribution in [1.29, 1.82) is 0 Å². The average molecular weight is 242 g/mol. The molecule has 0 aliphatic carbocycles. The highest BCUT2D eigenvalue weighted by atomic mass is 16.1. The summed E-state index contributed by atoms with van der Waals surface area (Å²) in [6, 6.07) is 0. The highest BCUT2D eigenvalue weighted by Gasteiger charge is 2.24. The maximum atomic E-state index is 11.3. The predicted molar refractivity (Wildman–Crippen MR) is 63.4 cm³/mol. The van der Waals surface area contributed by atoms with Crippen molar-refractivity contribution in [1.82, 2.24) is 25.5 Å². The fourth-order valence-corrected chi connectivity index (χ4v) is 1.94. The minimum atomic E-state index is -0.446. The van der Waals surface area contributed by atoms with Crippen molar-refractivity contribution >= 4 is 11.5 Å².